The summed E-state index contributed by atoms with van der Waals surface area (Å²) >= 11 is 1.22. The number of amides is 1. The van der Waals surface area contributed by atoms with Gasteiger partial charge in [-0.05, 0) is 6.42 Å². The van der Waals surface area contributed by atoms with Crippen LogP contribution >= 0.6 is 11.3 Å². The molecule has 0 aliphatic carbocycles. The third-order valence-electron chi connectivity index (χ3n) is 3.16. The quantitative estimate of drug-likeness (QED) is 0.856. The van der Waals surface area contributed by atoms with Gasteiger partial charge in [0, 0.05) is 13.1 Å². The van der Waals surface area contributed by atoms with Gasteiger partial charge in [-0.25, -0.2) is 0 Å². The molecule has 1 aromatic rings. The summed E-state index contributed by atoms with van der Waals surface area (Å²) in [5.41, 5.74) is 11.6. The third-order valence-corrected chi connectivity index (χ3v) is 4.33. The number of nitrogen functional groups attached to an aromatic ring is 1. The smallest absolute Gasteiger partial charge is 0.253 e. The molecule has 1 atom stereocenters. The average Bonchev–Trinajstić information content (AvgIpc) is 2.76. The number of hydrogen-bond donors (Lipinski definition) is 2. The highest BCUT2D eigenvalue weighted by Crippen LogP contribution is 2.38. The Morgan fingerprint density at radius 3 is 3.00 bits per heavy atom. The fraction of sp³-hybridized carbons (Fsp3) is 0.500. The molecule has 19 heavy (non-hydrogen) atoms. The second-order valence-electron chi connectivity index (χ2n) is 4.35. The van der Waals surface area contributed by atoms with Crippen LogP contribution in [-0.2, 0) is 4.74 Å². The molecular weight excluding hydrogens is 264 g/mol. The number of rotatable bonds is 3. The minimum absolute atomic E-state index is 0.128. The van der Waals surface area contributed by atoms with E-state index in [9.17, 15) is 4.79 Å². The number of anilines is 2. The van der Waals surface area contributed by atoms with Gasteiger partial charge < -0.3 is 21.1 Å². The SMILES string of the molecule is CCC1CN(c2sc(C#N)c(N)c2C(N)=O)CCO1. The highest BCUT2D eigenvalue weighted by Gasteiger charge is 2.27. The van der Waals surface area contributed by atoms with Crippen molar-refractivity contribution in [2.24, 2.45) is 5.73 Å². The Morgan fingerprint density at radius 1 is 1.68 bits per heavy atom. The van der Waals surface area contributed by atoms with Gasteiger partial charge in [0.1, 0.15) is 15.9 Å². The van der Waals surface area contributed by atoms with Crippen LogP contribution in [0.3, 0.4) is 0 Å². The number of nitrogens with two attached hydrogens (primary N) is 2. The number of carbonyl (C=O) groups excluding carboxylic acids is 1. The highest BCUT2D eigenvalue weighted by atomic mass is 32.1. The van der Waals surface area contributed by atoms with Crippen molar-refractivity contribution in [3.05, 3.63) is 10.4 Å². The molecule has 0 bridgehead atoms. The number of nitrogens with zero attached hydrogens (tertiary/aromatic N) is 2. The molecule has 0 radical (unpaired) electrons. The molecule has 1 unspecified atom stereocenters. The van der Waals surface area contributed by atoms with Gasteiger partial charge in [0.05, 0.1) is 24.0 Å². The Kier molecular flexibility index (Phi) is 3.93. The molecule has 1 aliphatic rings. The van der Waals surface area contributed by atoms with Crippen molar-refractivity contribution >= 4 is 27.9 Å². The van der Waals surface area contributed by atoms with Crippen molar-refractivity contribution in [1.82, 2.24) is 0 Å². The zero-order valence-electron chi connectivity index (χ0n) is 10.7. The molecule has 102 valence electrons. The fourth-order valence-corrected chi connectivity index (χ4v) is 3.18. The first-order valence-electron chi connectivity index (χ1n) is 6.07. The molecule has 2 rings (SSSR count). The zero-order valence-corrected chi connectivity index (χ0v) is 11.5. The number of ether oxygens (including phenoxy) is 1. The van der Waals surface area contributed by atoms with E-state index in [0.717, 1.165) is 6.42 Å². The summed E-state index contributed by atoms with van der Waals surface area (Å²) in [6.07, 6.45) is 1.03. The van der Waals surface area contributed by atoms with E-state index < -0.39 is 5.91 Å². The van der Waals surface area contributed by atoms with E-state index in [1.54, 1.807) is 0 Å². The topological polar surface area (TPSA) is 105 Å². The molecule has 7 heteroatoms. The van der Waals surface area contributed by atoms with Crippen LogP contribution in [0.5, 0.6) is 0 Å². The number of nitriles is 1. The fourth-order valence-electron chi connectivity index (χ4n) is 2.13. The summed E-state index contributed by atoms with van der Waals surface area (Å²) in [6.45, 7) is 3.99. The predicted molar refractivity (Wildman–Crippen MR) is 74.2 cm³/mol. The van der Waals surface area contributed by atoms with Crippen molar-refractivity contribution in [3.63, 3.8) is 0 Å². The van der Waals surface area contributed by atoms with Gasteiger partial charge in [-0.3, -0.25) is 4.79 Å². The van der Waals surface area contributed by atoms with E-state index in [0.29, 0.717) is 29.6 Å². The molecule has 0 saturated carbocycles. The standard InChI is InChI=1S/C12H16N4O2S/c1-2-7-6-16(3-4-18-7)12-9(11(15)17)10(14)8(5-13)19-12/h7H,2-4,6,14H2,1H3,(H2,15,17). The Bertz CT molecular complexity index is 535. The van der Waals surface area contributed by atoms with Crippen LogP contribution in [-0.4, -0.2) is 31.7 Å². The molecule has 0 aromatic carbocycles. The van der Waals surface area contributed by atoms with E-state index in [-0.39, 0.29) is 17.4 Å². The zero-order chi connectivity index (χ0) is 14.0. The lowest BCUT2D eigenvalue weighted by Gasteiger charge is -2.33. The van der Waals surface area contributed by atoms with Crippen molar-refractivity contribution in [1.29, 1.82) is 5.26 Å². The number of primary amides is 1. The summed E-state index contributed by atoms with van der Waals surface area (Å²) in [5, 5.41) is 9.70. The normalized spacial score (nSPS) is 19.2. The molecular formula is C12H16N4O2S. The Morgan fingerprint density at radius 2 is 2.42 bits per heavy atom. The first-order valence-corrected chi connectivity index (χ1v) is 6.88. The Labute approximate surface area is 115 Å². The van der Waals surface area contributed by atoms with Crippen LogP contribution in [0.4, 0.5) is 10.7 Å². The predicted octanol–water partition coefficient (Wildman–Crippen LogP) is 0.916. The van der Waals surface area contributed by atoms with Crippen molar-refractivity contribution < 1.29 is 9.53 Å². The average molecular weight is 280 g/mol. The van der Waals surface area contributed by atoms with Gasteiger partial charge in [0.25, 0.3) is 5.91 Å². The summed E-state index contributed by atoms with van der Waals surface area (Å²) in [5.74, 6) is -0.593. The van der Waals surface area contributed by atoms with Gasteiger partial charge in [0.15, 0.2) is 0 Å². The summed E-state index contributed by atoms with van der Waals surface area (Å²) in [7, 11) is 0. The van der Waals surface area contributed by atoms with Gasteiger partial charge >= 0.3 is 0 Å². The van der Waals surface area contributed by atoms with Crippen molar-refractivity contribution in [2.75, 3.05) is 30.3 Å². The second-order valence-corrected chi connectivity index (χ2v) is 5.35. The Hall–Kier alpha value is -1.78. The van der Waals surface area contributed by atoms with Crippen LogP contribution in [0.15, 0.2) is 0 Å². The van der Waals surface area contributed by atoms with Crippen molar-refractivity contribution in [3.8, 4) is 6.07 Å². The lowest BCUT2D eigenvalue weighted by atomic mass is 10.2. The van der Waals surface area contributed by atoms with Crippen LogP contribution in [0.1, 0.15) is 28.6 Å². The first-order chi connectivity index (χ1) is 9.08. The monoisotopic (exact) mass is 280 g/mol. The lowest BCUT2D eigenvalue weighted by Crippen LogP contribution is -2.42. The largest absolute Gasteiger partial charge is 0.396 e. The molecule has 1 amide bonds. The molecule has 0 spiro atoms. The number of morpholine rings is 1. The van der Waals surface area contributed by atoms with Crippen molar-refractivity contribution in [2.45, 2.75) is 19.4 Å². The minimum atomic E-state index is -0.593. The van der Waals surface area contributed by atoms with Gasteiger partial charge in [-0.1, -0.05) is 6.92 Å². The van der Waals surface area contributed by atoms with E-state index in [4.69, 9.17) is 21.5 Å². The maximum absolute atomic E-state index is 11.5. The van der Waals surface area contributed by atoms with E-state index in [1.165, 1.54) is 11.3 Å². The van der Waals surface area contributed by atoms with Crippen LogP contribution in [0.2, 0.25) is 0 Å². The molecule has 1 aliphatic heterocycles. The number of carbonyl (C=O) groups is 1. The van der Waals surface area contributed by atoms with Gasteiger partial charge in [-0.2, -0.15) is 5.26 Å². The van der Waals surface area contributed by atoms with E-state index >= 15 is 0 Å². The van der Waals surface area contributed by atoms with Crippen LogP contribution in [0, 0.1) is 11.3 Å². The maximum atomic E-state index is 11.5. The summed E-state index contributed by atoms with van der Waals surface area (Å²) < 4.78 is 5.59. The number of thiophene rings is 1. The third kappa shape index (κ3) is 2.50. The number of hydrogen-bond acceptors (Lipinski definition) is 6. The Balaban J connectivity index is 2.39. The minimum Gasteiger partial charge on any atom is -0.396 e. The highest BCUT2D eigenvalue weighted by molar-refractivity contribution is 7.17. The molecule has 2 heterocycles. The summed E-state index contributed by atoms with van der Waals surface area (Å²) in [4.78, 5) is 13.9. The maximum Gasteiger partial charge on any atom is 0.253 e. The lowest BCUT2D eigenvalue weighted by molar-refractivity contribution is 0.0386. The second kappa shape index (κ2) is 5.47. The van der Waals surface area contributed by atoms with Crippen LogP contribution < -0.4 is 16.4 Å². The van der Waals surface area contributed by atoms with E-state index in [2.05, 4.69) is 0 Å². The van der Waals surface area contributed by atoms with E-state index in [1.807, 2.05) is 17.9 Å². The molecule has 4 N–H and O–H groups in total. The van der Waals surface area contributed by atoms with Gasteiger partial charge in [-0.15, -0.1) is 11.3 Å². The molecule has 1 fully saturated rings. The molecule has 6 nitrogen and oxygen atoms in total. The molecule has 1 aromatic heterocycles. The van der Waals surface area contributed by atoms with Gasteiger partial charge in [0.2, 0.25) is 0 Å². The molecule has 1 saturated heterocycles. The summed E-state index contributed by atoms with van der Waals surface area (Å²) in [6, 6.07) is 2.00. The first kappa shape index (κ1) is 13.6. The van der Waals surface area contributed by atoms with Crippen LogP contribution in [0.25, 0.3) is 0 Å².